The van der Waals surface area contributed by atoms with Crippen molar-refractivity contribution in [1.82, 2.24) is 0 Å². The van der Waals surface area contributed by atoms with Crippen molar-refractivity contribution in [3.8, 4) is 5.75 Å². The minimum atomic E-state index is -3.26. The van der Waals surface area contributed by atoms with Crippen LogP contribution in [0.5, 0.6) is 5.75 Å². The molecule has 0 spiro atoms. The SMILES string of the molecule is CCC1(C)C(/C=C/c2ccc(N(C)C)cc2OC)=[N+](C)c2ccc(S(C)(=O)=O)cc21. The second-order valence-electron chi connectivity index (χ2n) is 8.24. The number of ether oxygens (including phenoxy) is 1. The summed E-state index contributed by atoms with van der Waals surface area (Å²) in [6, 6.07) is 11.6. The second-order valence-corrected chi connectivity index (χ2v) is 10.3. The van der Waals surface area contributed by atoms with Crippen molar-refractivity contribution >= 4 is 33.0 Å². The third-order valence-electron chi connectivity index (χ3n) is 6.14. The molecule has 0 fully saturated rings. The molecule has 0 amide bonds. The summed E-state index contributed by atoms with van der Waals surface area (Å²) in [5.41, 5.74) is 5.01. The van der Waals surface area contributed by atoms with E-state index in [-0.39, 0.29) is 5.41 Å². The molecule has 0 N–H and O–H groups in total. The largest absolute Gasteiger partial charge is 0.496 e. The van der Waals surface area contributed by atoms with Gasteiger partial charge in [0.05, 0.1) is 17.4 Å². The van der Waals surface area contributed by atoms with Gasteiger partial charge >= 0.3 is 0 Å². The number of benzene rings is 2. The number of hydrogen-bond donors (Lipinski definition) is 0. The van der Waals surface area contributed by atoms with E-state index in [9.17, 15) is 8.42 Å². The van der Waals surface area contributed by atoms with E-state index in [4.69, 9.17) is 4.74 Å². The molecular formula is C24H31N2O3S+. The number of hydrogen-bond acceptors (Lipinski definition) is 4. The molecule has 5 nitrogen and oxygen atoms in total. The van der Waals surface area contributed by atoms with E-state index in [1.54, 1.807) is 13.2 Å². The average Bonchev–Trinajstić information content (AvgIpc) is 2.92. The van der Waals surface area contributed by atoms with E-state index in [2.05, 4.69) is 42.7 Å². The molecule has 0 bridgehead atoms. The number of allylic oxidation sites excluding steroid dienone is 1. The van der Waals surface area contributed by atoms with Gasteiger partial charge in [-0.15, -0.1) is 0 Å². The first-order chi connectivity index (χ1) is 14.0. The highest BCUT2D eigenvalue weighted by Gasteiger charge is 2.45. The van der Waals surface area contributed by atoms with Gasteiger partial charge in [0.25, 0.3) is 0 Å². The number of methoxy groups -OCH3 is 1. The van der Waals surface area contributed by atoms with Crippen LogP contribution in [0.2, 0.25) is 0 Å². The van der Waals surface area contributed by atoms with E-state index in [1.807, 2.05) is 44.2 Å². The van der Waals surface area contributed by atoms with Gasteiger partial charge in [-0.25, -0.2) is 8.42 Å². The molecule has 0 saturated heterocycles. The maximum atomic E-state index is 12.1. The van der Waals surface area contributed by atoms with Crippen molar-refractivity contribution in [3.05, 3.63) is 53.6 Å². The molecule has 1 unspecified atom stereocenters. The van der Waals surface area contributed by atoms with Crippen LogP contribution in [0.4, 0.5) is 11.4 Å². The van der Waals surface area contributed by atoms with Crippen molar-refractivity contribution in [3.63, 3.8) is 0 Å². The molecule has 30 heavy (non-hydrogen) atoms. The highest BCUT2D eigenvalue weighted by Crippen LogP contribution is 2.43. The molecule has 1 heterocycles. The van der Waals surface area contributed by atoms with Gasteiger partial charge in [-0.3, -0.25) is 0 Å². The maximum absolute atomic E-state index is 12.1. The van der Waals surface area contributed by atoms with Crippen molar-refractivity contribution < 1.29 is 17.7 Å². The van der Waals surface area contributed by atoms with Gasteiger partial charge in [-0.1, -0.05) is 6.92 Å². The predicted molar refractivity (Wildman–Crippen MR) is 124 cm³/mol. The number of nitrogens with zero attached hydrogens (tertiary/aromatic N) is 2. The molecule has 2 aromatic rings. The first-order valence-electron chi connectivity index (χ1n) is 10.0. The molecule has 0 saturated carbocycles. The van der Waals surface area contributed by atoms with Crippen LogP contribution < -0.4 is 9.64 Å². The predicted octanol–water partition coefficient (Wildman–Crippen LogP) is 4.27. The Balaban J connectivity index is 2.07. The first-order valence-corrected chi connectivity index (χ1v) is 11.9. The van der Waals surface area contributed by atoms with Gasteiger partial charge in [-0.05, 0) is 43.7 Å². The third-order valence-corrected chi connectivity index (χ3v) is 7.25. The van der Waals surface area contributed by atoms with Crippen LogP contribution in [-0.4, -0.2) is 53.2 Å². The lowest BCUT2D eigenvalue weighted by Gasteiger charge is -2.20. The summed E-state index contributed by atoms with van der Waals surface area (Å²) in [6.07, 6.45) is 6.30. The summed E-state index contributed by atoms with van der Waals surface area (Å²) in [7, 11) is 4.46. The summed E-state index contributed by atoms with van der Waals surface area (Å²) in [5, 5.41) is 0. The summed E-state index contributed by atoms with van der Waals surface area (Å²) in [6.45, 7) is 4.31. The molecule has 0 radical (unpaired) electrons. The molecule has 6 heteroatoms. The highest BCUT2D eigenvalue weighted by molar-refractivity contribution is 7.90. The van der Waals surface area contributed by atoms with Crippen LogP contribution >= 0.6 is 0 Å². The molecule has 1 aliphatic heterocycles. The summed E-state index contributed by atoms with van der Waals surface area (Å²) in [4.78, 5) is 2.40. The van der Waals surface area contributed by atoms with Gasteiger partial charge in [0.1, 0.15) is 12.8 Å². The number of fused-ring (bicyclic) bond motifs is 1. The molecule has 0 aromatic heterocycles. The van der Waals surface area contributed by atoms with E-state index in [0.29, 0.717) is 4.90 Å². The number of anilines is 1. The van der Waals surface area contributed by atoms with Crippen LogP contribution in [0, 0.1) is 0 Å². The fourth-order valence-corrected chi connectivity index (χ4v) is 4.72. The van der Waals surface area contributed by atoms with E-state index in [1.165, 1.54) is 6.26 Å². The van der Waals surface area contributed by atoms with Crippen LogP contribution in [0.25, 0.3) is 6.08 Å². The normalized spacial score (nSPS) is 18.8. The Morgan fingerprint density at radius 1 is 1.13 bits per heavy atom. The van der Waals surface area contributed by atoms with Crippen LogP contribution in [0.3, 0.4) is 0 Å². The van der Waals surface area contributed by atoms with E-state index >= 15 is 0 Å². The van der Waals surface area contributed by atoms with Crippen LogP contribution in [0.15, 0.2) is 47.4 Å². The zero-order valence-corrected chi connectivity index (χ0v) is 19.7. The number of rotatable bonds is 6. The Morgan fingerprint density at radius 3 is 2.40 bits per heavy atom. The van der Waals surface area contributed by atoms with Crippen molar-refractivity contribution in [2.24, 2.45) is 0 Å². The third kappa shape index (κ3) is 3.76. The zero-order valence-electron chi connectivity index (χ0n) is 18.9. The molecule has 1 atom stereocenters. The summed E-state index contributed by atoms with van der Waals surface area (Å²) >= 11 is 0. The van der Waals surface area contributed by atoms with Gasteiger partial charge < -0.3 is 9.64 Å². The summed E-state index contributed by atoms with van der Waals surface area (Å²) < 4.78 is 32.0. The molecule has 1 aliphatic rings. The standard InChI is InChI=1S/C24H31N2O3S/c1-8-24(2)20-16-19(30(7,27)28)12-13-21(20)26(5)23(24)14-10-17-9-11-18(25(3)4)15-22(17)29-6/h9-16H,8H2,1-7H3/q+1. The Labute approximate surface area is 180 Å². The minimum Gasteiger partial charge on any atom is -0.496 e. The molecular weight excluding hydrogens is 396 g/mol. The van der Waals surface area contributed by atoms with Crippen LogP contribution in [-0.2, 0) is 15.3 Å². The van der Waals surface area contributed by atoms with Crippen LogP contribution in [0.1, 0.15) is 31.4 Å². The van der Waals surface area contributed by atoms with Crippen molar-refractivity contribution in [1.29, 1.82) is 0 Å². The Morgan fingerprint density at radius 2 is 1.83 bits per heavy atom. The topological polar surface area (TPSA) is 49.6 Å². The van der Waals surface area contributed by atoms with E-state index < -0.39 is 9.84 Å². The molecule has 0 aliphatic carbocycles. The molecule has 3 rings (SSSR count). The van der Waals surface area contributed by atoms with Gasteiger partial charge in [0, 0.05) is 55.4 Å². The fraction of sp³-hybridized carbons (Fsp3) is 0.375. The van der Waals surface area contributed by atoms with Gasteiger partial charge in [0.2, 0.25) is 5.69 Å². The Bertz CT molecular complexity index is 1150. The highest BCUT2D eigenvalue weighted by atomic mass is 32.2. The van der Waals surface area contributed by atoms with E-state index in [0.717, 1.165) is 40.4 Å². The Hall–Kier alpha value is -2.60. The summed E-state index contributed by atoms with van der Waals surface area (Å²) in [5.74, 6) is 0.814. The maximum Gasteiger partial charge on any atom is 0.209 e. The fourth-order valence-electron chi connectivity index (χ4n) is 4.07. The lowest BCUT2D eigenvalue weighted by Crippen LogP contribution is -2.29. The lowest BCUT2D eigenvalue weighted by atomic mass is 9.77. The second kappa shape index (κ2) is 7.91. The quantitative estimate of drug-likeness (QED) is 0.646. The zero-order chi connectivity index (χ0) is 22.3. The van der Waals surface area contributed by atoms with Gasteiger partial charge in [-0.2, -0.15) is 4.58 Å². The van der Waals surface area contributed by atoms with Crippen molar-refractivity contribution in [2.45, 2.75) is 30.6 Å². The molecule has 2 aromatic carbocycles. The average molecular weight is 428 g/mol. The lowest BCUT2D eigenvalue weighted by molar-refractivity contribution is -0.401. The van der Waals surface area contributed by atoms with Crippen molar-refractivity contribution in [2.75, 3.05) is 39.4 Å². The monoisotopic (exact) mass is 427 g/mol. The smallest absolute Gasteiger partial charge is 0.209 e. The first kappa shape index (κ1) is 22.1. The number of sulfone groups is 1. The molecule has 160 valence electrons. The Kier molecular flexibility index (Phi) is 5.83. The minimum absolute atomic E-state index is 0.280. The van der Waals surface area contributed by atoms with Gasteiger partial charge in [0.15, 0.2) is 15.5 Å².